The van der Waals surface area contributed by atoms with Gasteiger partial charge >= 0.3 is 0 Å². The van der Waals surface area contributed by atoms with Gasteiger partial charge in [0.25, 0.3) is 0 Å². The van der Waals surface area contributed by atoms with E-state index in [0.29, 0.717) is 19.0 Å². The molecule has 26 heavy (non-hydrogen) atoms. The van der Waals surface area contributed by atoms with Gasteiger partial charge in [-0.25, -0.2) is 4.99 Å². The molecular weight excluding hydrogens is 346 g/mol. The van der Waals surface area contributed by atoms with Gasteiger partial charge in [-0.05, 0) is 47.9 Å². The third-order valence-corrected chi connectivity index (χ3v) is 4.96. The molecule has 5 nitrogen and oxygen atoms in total. The summed E-state index contributed by atoms with van der Waals surface area (Å²) in [4.78, 5) is 4.57. The number of ether oxygens (including phenoxy) is 1. The lowest BCUT2D eigenvalue weighted by molar-refractivity contribution is 0.0677. The minimum Gasteiger partial charge on any atom is -0.496 e. The van der Waals surface area contributed by atoms with E-state index >= 15 is 0 Å². The zero-order valence-electron chi connectivity index (χ0n) is 16.0. The van der Waals surface area contributed by atoms with Gasteiger partial charge in [0.15, 0.2) is 5.96 Å². The Hall–Kier alpha value is -2.05. The summed E-state index contributed by atoms with van der Waals surface area (Å²) in [7, 11) is 1.69. The number of rotatable bonds is 8. The number of nitrogens with zero attached hydrogens (tertiary/aromatic N) is 1. The Bertz CT molecular complexity index is 699. The topological polar surface area (TPSA) is 65.9 Å². The molecule has 0 amide bonds. The normalized spacial score (nSPS) is 15.2. The van der Waals surface area contributed by atoms with Gasteiger partial charge in [0.2, 0.25) is 0 Å². The Labute approximate surface area is 160 Å². The van der Waals surface area contributed by atoms with Crippen LogP contribution in [0.1, 0.15) is 37.8 Å². The summed E-state index contributed by atoms with van der Waals surface area (Å²) in [6.45, 7) is 7.73. The summed E-state index contributed by atoms with van der Waals surface area (Å²) < 4.78 is 5.45. The Morgan fingerprint density at radius 3 is 2.73 bits per heavy atom. The van der Waals surface area contributed by atoms with Crippen molar-refractivity contribution in [3.8, 4) is 5.75 Å². The van der Waals surface area contributed by atoms with E-state index in [4.69, 9.17) is 4.74 Å². The van der Waals surface area contributed by atoms with E-state index in [1.165, 1.54) is 0 Å². The molecule has 0 saturated carbocycles. The first kappa shape index (κ1) is 20.3. The van der Waals surface area contributed by atoms with Crippen molar-refractivity contribution >= 4 is 17.3 Å². The number of nitrogens with one attached hydrogen (secondary N) is 2. The smallest absolute Gasteiger partial charge is 0.191 e. The van der Waals surface area contributed by atoms with E-state index in [1.807, 2.05) is 41.9 Å². The van der Waals surface area contributed by atoms with E-state index in [-0.39, 0.29) is 5.92 Å². The highest BCUT2D eigenvalue weighted by Crippen LogP contribution is 2.25. The maximum Gasteiger partial charge on any atom is 0.191 e. The van der Waals surface area contributed by atoms with Crippen LogP contribution in [0.5, 0.6) is 5.75 Å². The minimum atomic E-state index is -0.976. The first-order valence-corrected chi connectivity index (χ1v) is 9.82. The van der Waals surface area contributed by atoms with Gasteiger partial charge in [-0.15, -0.1) is 0 Å². The maximum absolute atomic E-state index is 10.6. The van der Waals surface area contributed by atoms with Crippen LogP contribution in [0.2, 0.25) is 0 Å². The molecule has 0 spiro atoms. The van der Waals surface area contributed by atoms with Gasteiger partial charge in [0.05, 0.1) is 13.7 Å². The Morgan fingerprint density at radius 2 is 2.08 bits per heavy atom. The van der Waals surface area contributed by atoms with Crippen molar-refractivity contribution < 1.29 is 9.84 Å². The first-order valence-electron chi connectivity index (χ1n) is 8.88. The third-order valence-electron chi connectivity index (χ3n) is 4.28. The number of methoxy groups -OCH3 is 1. The molecule has 2 aromatic rings. The van der Waals surface area contributed by atoms with Crippen LogP contribution in [0, 0.1) is 0 Å². The Kier molecular flexibility index (Phi) is 7.48. The van der Waals surface area contributed by atoms with Crippen LogP contribution in [0.3, 0.4) is 0 Å². The Morgan fingerprint density at radius 1 is 1.31 bits per heavy atom. The molecule has 3 N–H and O–H groups in total. The molecule has 0 fully saturated rings. The maximum atomic E-state index is 10.6. The predicted molar refractivity (Wildman–Crippen MR) is 109 cm³/mol. The highest BCUT2D eigenvalue weighted by atomic mass is 32.1. The zero-order chi connectivity index (χ0) is 19.0. The number of hydrogen-bond acceptors (Lipinski definition) is 4. The van der Waals surface area contributed by atoms with Crippen LogP contribution in [0.4, 0.5) is 0 Å². The van der Waals surface area contributed by atoms with Gasteiger partial charge in [0.1, 0.15) is 11.4 Å². The van der Waals surface area contributed by atoms with E-state index in [1.54, 1.807) is 25.4 Å². The summed E-state index contributed by atoms with van der Waals surface area (Å²) >= 11 is 1.57. The fraction of sp³-hybridized carbons (Fsp3) is 0.450. The number of para-hydroxylation sites is 1. The second-order valence-corrected chi connectivity index (χ2v) is 7.28. The van der Waals surface area contributed by atoms with Crippen molar-refractivity contribution in [3.05, 3.63) is 52.2 Å². The fourth-order valence-corrected chi connectivity index (χ4v) is 3.45. The van der Waals surface area contributed by atoms with E-state index in [2.05, 4.69) is 28.6 Å². The molecule has 0 saturated heterocycles. The molecule has 0 bridgehead atoms. The van der Waals surface area contributed by atoms with E-state index in [0.717, 1.165) is 23.4 Å². The molecule has 0 radical (unpaired) electrons. The van der Waals surface area contributed by atoms with Crippen LogP contribution in [0.15, 0.2) is 46.1 Å². The molecule has 2 rings (SSSR count). The molecule has 2 unspecified atom stereocenters. The minimum absolute atomic E-state index is 0.257. The van der Waals surface area contributed by atoms with Crippen LogP contribution < -0.4 is 15.4 Å². The molecule has 1 heterocycles. The molecule has 1 aromatic heterocycles. The predicted octanol–water partition coefficient (Wildman–Crippen LogP) is 3.32. The van der Waals surface area contributed by atoms with Crippen molar-refractivity contribution in [1.29, 1.82) is 0 Å². The molecular formula is C20H29N3O2S. The summed E-state index contributed by atoms with van der Waals surface area (Å²) in [5.74, 6) is 1.85. The molecule has 6 heteroatoms. The zero-order valence-corrected chi connectivity index (χ0v) is 16.8. The second kappa shape index (κ2) is 9.59. The largest absolute Gasteiger partial charge is 0.496 e. The monoisotopic (exact) mass is 375 g/mol. The average molecular weight is 376 g/mol. The van der Waals surface area contributed by atoms with Crippen LogP contribution in [-0.2, 0) is 5.60 Å². The fourth-order valence-electron chi connectivity index (χ4n) is 2.67. The second-order valence-electron chi connectivity index (χ2n) is 6.50. The van der Waals surface area contributed by atoms with Gasteiger partial charge in [0, 0.05) is 19.0 Å². The standard InChI is InChI=1S/C20H29N3O2S/c1-5-21-19(23-14-20(3,24)16-10-11-26-13-16)22-12-15(2)17-8-6-7-9-18(17)25-4/h6-11,13,15,24H,5,12,14H2,1-4H3,(H2,21,22,23). The van der Waals surface area contributed by atoms with Gasteiger partial charge in [-0.1, -0.05) is 25.1 Å². The lowest BCUT2D eigenvalue weighted by atomic mass is 10.00. The van der Waals surface area contributed by atoms with Gasteiger partial charge in [-0.2, -0.15) is 11.3 Å². The third kappa shape index (κ3) is 5.47. The summed E-state index contributed by atoms with van der Waals surface area (Å²) in [5.41, 5.74) is 1.07. The molecule has 1 aromatic carbocycles. The molecule has 0 aliphatic heterocycles. The van der Waals surface area contributed by atoms with Crippen molar-refractivity contribution in [2.24, 2.45) is 4.99 Å². The summed E-state index contributed by atoms with van der Waals surface area (Å²) in [6.07, 6.45) is 0. The van der Waals surface area contributed by atoms with Gasteiger partial charge < -0.3 is 20.5 Å². The summed E-state index contributed by atoms with van der Waals surface area (Å²) in [6, 6.07) is 9.98. The van der Waals surface area contributed by atoms with Crippen molar-refractivity contribution in [3.63, 3.8) is 0 Å². The quantitative estimate of drug-likeness (QED) is 0.489. The highest BCUT2D eigenvalue weighted by Gasteiger charge is 2.23. The number of guanidine groups is 1. The Balaban J connectivity index is 2.01. The van der Waals surface area contributed by atoms with Crippen molar-refractivity contribution in [2.45, 2.75) is 32.3 Å². The van der Waals surface area contributed by atoms with Crippen molar-refractivity contribution in [1.82, 2.24) is 10.6 Å². The number of thiophene rings is 1. The molecule has 2 atom stereocenters. The number of aliphatic hydroxyl groups is 1. The average Bonchev–Trinajstić information content (AvgIpc) is 3.19. The lowest BCUT2D eigenvalue weighted by Crippen LogP contribution is -2.40. The van der Waals surface area contributed by atoms with E-state index in [9.17, 15) is 5.11 Å². The number of aliphatic imine (C=N–C) groups is 1. The highest BCUT2D eigenvalue weighted by molar-refractivity contribution is 7.08. The van der Waals surface area contributed by atoms with Crippen molar-refractivity contribution in [2.75, 3.05) is 26.7 Å². The first-order chi connectivity index (χ1) is 12.5. The summed E-state index contributed by atoms with van der Waals surface area (Å²) in [5, 5.41) is 21.2. The molecule has 0 aliphatic carbocycles. The van der Waals surface area contributed by atoms with E-state index < -0.39 is 5.60 Å². The SMILES string of the molecule is CCNC(=NCC(C)(O)c1ccsc1)NCC(C)c1ccccc1OC. The van der Waals surface area contributed by atoms with Crippen LogP contribution in [0.25, 0.3) is 0 Å². The van der Waals surface area contributed by atoms with Crippen LogP contribution >= 0.6 is 11.3 Å². The lowest BCUT2D eigenvalue weighted by Gasteiger charge is -2.22. The van der Waals surface area contributed by atoms with Gasteiger partial charge in [-0.3, -0.25) is 0 Å². The number of benzene rings is 1. The van der Waals surface area contributed by atoms with Crippen LogP contribution in [-0.4, -0.2) is 37.8 Å². The number of hydrogen-bond donors (Lipinski definition) is 3. The molecule has 0 aliphatic rings. The molecule has 142 valence electrons.